The SMILES string of the molecule is CC(C)(C)C1=CC=C(N2c3cc(C(C)(C)C)cc4c3B(c3cc5c(cc3N4c3ccccc3-c3ccccc3)C(C)(C)CCC5(C)C)c3sc4cc5c(cc4c32)C(C)(C)CCC5(C)C)CC1. The van der Waals surface area contributed by atoms with Gasteiger partial charge in [-0.15, -0.1) is 11.3 Å². The molecule has 0 saturated carbocycles. The van der Waals surface area contributed by atoms with Crippen molar-refractivity contribution in [3.8, 4) is 11.1 Å². The summed E-state index contributed by atoms with van der Waals surface area (Å²) in [7, 11) is 0. The van der Waals surface area contributed by atoms with E-state index in [1.54, 1.807) is 11.1 Å². The van der Waals surface area contributed by atoms with E-state index in [4.69, 9.17) is 0 Å². The molecule has 6 aromatic rings. The summed E-state index contributed by atoms with van der Waals surface area (Å²) in [5.41, 5.74) is 22.9. The maximum absolute atomic E-state index is 2.79. The van der Waals surface area contributed by atoms with Crippen LogP contribution in [0.15, 0.2) is 114 Å². The van der Waals surface area contributed by atoms with Gasteiger partial charge in [0.2, 0.25) is 0 Å². The van der Waals surface area contributed by atoms with Crippen LogP contribution in [-0.2, 0) is 27.1 Å². The number of fused-ring (bicyclic) bond motifs is 8. The molecule has 2 aliphatic heterocycles. The lowest BCUT2D eigenvalue weighted by Gasteiger charge is -2.48. The molecule has 2 nitrogen and oxygen atoms in total. The molecule has 11 rings (SSSR count). The van der Waals surface area contributed by atoms with Gasteiger partial charge in [0.05, 0.1) is 11.4 Å². The molecule has 0 spiro atoms. The molecule has 0 radical (unpaired) electrons. The van der Waals surface area contributed by atoms with Crippen molar-refractivity contribution in [2.24, 2.45) is 5.41 Å². The minimum atomic E-state index is -0.0919. The van der Waals surface area contributed by atoms with E-state index in [1.165, 1.54) is 119 Å². The van der Waals surface area contributed by atoms with Gasteiger partial charge in [-0.2, -0.15) is 0 Å². The Morgan fingerprint density at radius 3 is 1.68 bits per heavy atom. The average molecular weight is 887 g/mol. The topological polar surface area (TPSA) is 6.48 Å². The van der Waals surface area contributed by atoms with Crippen LogP contribution in [0.1, 0.15) is 163 Å². The maximum atomic E-state index is 2.79. The Balaban J connectivity index is 1.31. The summed E-state index contributed by atoms with van der Waals surface area (Å²) in [5, 5.41) is 1.43. The van der Waals surface area contributed by atoms with Crippen molar-refractivity contribution >= 4 is 72.3 Å². The predicted molar refractivity (Wildman–Crippen MR) is 289 cm³/mol. The Kier molecular flexibility index (Phi) is 9.52. The largest absolute Gasteiger partial charge is 0.314 e. The molecule has 5 aliphatic rings. The molecule has 0 saturated heterocycles. The Labute approximate surface area is 401 Å². The molecule has 0 atom stereocenters. The number of anilines is 5. The lowest BCUT2D eigenvalue weighted by Crippen LogP contribution is -2.61. The molecule has 5 aromatic carbocycles. The molecule has 0 fully saturated rings. The fourth-order valence-corrected chi connectivity index (χ4v) is 13.9. The van der Waals surface area contributed by atoms with Crippen molar-refractivity contribution in [3.05, 3.63) is 142 Å². The molecule has 4 heteroatoms. The number of para-hydroxylation sites is 1. The van der Waals surface area contributed by atoms with Gasteiger partial charge >= 0.3 is 0 Å². The zero-order valence-corrected chi connectivity index (χ0v) is 43.3. The Morgan fingerprint density at radius 1 is 0.530 bits per heavy atom. The number of rotatable bonds is 3. The van der Waals surface area contributed by atoms with Crippen LogP contribution in [0.25, 0.3) is 21.2 Å². The second kappa shape index (κ2) is 14.4. The standard InChI is InChI=1S/C62H71BN2S/c1-57(2,3)39-24-26-41(27-25-39)64-51-32-40(58(4,5)6)33-52-54(51)63(56-55(64)43-34-44-47(37-53(43)66-56)62(13,14)31-28-59(44,7)8)48-35-45-46(61(11,12)30-29-60(45,9)10)36-50(48)65(52)49-23-19-18-22-42(49)38-20-16-15-17-21-38/h15-24,26,32-37H,25,27-31H2,1-14H3. The average Bonchev–Trinajstić information content (AvgIpc) is 3.64. The fraction of sp³-hybridized carbons (Fsp3) is 0.419. The molecule has 66 heavy (non-hydrogen) atoms. The fourth-order valence-electron chi connectivity index (χ4n) is 12.6. The summed E-state index contributed by atoms with van der Waals surface area (Å²) < 4.78 is 2.93. The molecule has 3 aliphatic carbocycles. The molecule has 0 amide bonds. The normalized spacial score (nSPS) is 19.9. The van der Waals surface area contributed by atoms with Crippen LogP contribution in [-0.4, -0.2) is 6.71 Å². The minimum absolute atomic E-state index is 0.0564. The summed E-state index contributed by atoms with van der Waals surface area (Å²) in [6, 6.07) is 36.2. The van der Waals surface area contributed by atoms with Crippen molar-refractivity contribution in [2.45, 2.75) is 163 Å². The first-order chi connectivity index (χ1) is 31.0. The van der Waals surface area contributed by atoms with E-state index in [0.717, 1.165) is 12.8 Å². The van der Waals surface area contributed by atoms with Gasteiger partial charge in [0.15, 0.2) is 0 Å². The number of thiophene rings is 1. The molecule has 338 valence electrons. The third kappa shape index (κ3) is 6.61. The first-order valence-corrected chi connectivity index (χ1v) is 25.9. The number of benzene rings is 5. The van der Waals surface area contributed by atoms with Crippen LogP contribution >= 0.6 is 11.3 Å². The van der Waals surface area contributed by atoms with Crippen LogP contribution in [0.4, 0.5) is 28.4 Å². The summed E-state index contributed by atoms with van der Waals surface area (Å²) in [6.07, 6.45) is 11.8. The quantitative estimate of drug-likeness (QED) is 0.163. The van der Waals surface area contributed by atoms with Crippen molar-refractivity contribution in [2.75, 3.05) is 9.80 Å². The zero-order valence-electron chi connectivity index (χ0n) is 42.4. The monoisotopic (exact) mass is 887 g/mol. The first-order valence-electron chi connectivity index (χ1n) is 25.1. The van der Waals surface area contributed by atoms with Crippen molar-refractivity contribution in [1.29, 1.82) is 0 Å². The van der Waals surface area contributed by atoms with E-state index in [0.29, 0.717) is 0 Å². The van der Waals surface area contributed by atoms with E-state index < -0.39 is 0 Å². The zero-order chi connectivity index (χ0) is 46.7. The Morgan fingerprint density at radius 2 is 1.09 bits per heavy atom. The number of nitrogens with zero attached hydrogens (tertiary/aromatic N) is 2. The van der Waals surface area contributed by atoms with Crippen LogP contribution in [0.3, 0.4) is 0 Å². The third-order valence-corrected chi connectivity index (χ3v) is 18.3. The predicted octanol–water partition coefficient (Wildman–Crippen LogP) is 16.0. The molecule has 0 N–H and O–H groups in total. The summed E-state index contributed by atoms with van der Waals surface area (Å²) in [6.45, 7) is 34.4. The molecular formula is C62H71BN2S. The van der Waals surface area contributed by atoms with Gasteiger partial charge < -0.3 is 9.80 Å². The highest BCUT2D eigenvalue weighted by Crippen LogP contribution is 2.55. The highest BCUT2D eigenvalue weighted by atomic mass is 32.1. The second-order valence-electron chi connectivity index (χ2n) is 25.5. The van der Waals surface area contributed by atoms with E-state index in [-0.39, 0.29) is 39.2 Å². The van der Waals surface area contributed by atoms with Gasteiger partial charge in [-0.1, -0.05) is 163 Å². The van der Waals surface area contributed by atoms with Crippen molar-refractivity contribution in [1.82, 2.24) is 0 Å². The highest BCUT2D eigenvalue weighted by molar-refractivity contribution is 7.33. The molecule has 0 unspecified atom stereocenters. The second-order valence-corrected chi connectivity index (χ2v) is 26.5. The van der Waals surface area contributed by atoms with Crippen LogP contribution < -0.4 is 25.5 Å². The highest BCUT2D eigenvalue weighted by Gasteiger charge is 2.49. The van der Waals surface area contributed by atoms with Gasteiger partial charge in [-0.25, -0.2) is 0 Å². The van der Waals surface area contributed by atoms with Crippen LogP contribution in [0.2, 0.25) is 0 Å². The van der Waals surface area contributed by atoms with E-state index in [1.807, 2.05) is 0 Å². The van der Waals surface area contributed by atoms with Gasteiger partial charge in [-0.05, 0) is 158 Å². The summed E-state index contributed by atoms with van der Waals surface area (Å²) in [4.78, 5) is 5.51. The molecular weight excluding hydrogens is 816 g/mol. The Bertz CT molecular complexity index is 3060. The lowest BCUT2D eigenvalue weighted by molar-refractivity contribution is 0.332. The summed E-state index contributed by atoms with van der Waals surface area (Å²) in [5.74, 6) is 0. The Hall–Kier alpha value is -4.80. The van der Waals surface area contributed by atoms with E-state index >= 15 is 0 Å². The van der Waals surface area contributed by atoms with Crippen molar-refractivity contribution < 1.29 is 0 Å². The number of allylic oxidation sites excluding steroid dienone is 4. The van der Waals surface area contributed by atoms with Gasteiger partial charge in [-0.3, -0.25) is 0 Å². The maximum Gasteiger partial charge on any atom is 0.264 e. The van der Waals surface area contributed by atoms with E-state index in [2.05, 4.69) is 221 Å². The molecule has 3 heterocycles. The number of hydrogen-bond donors (Lipinski definition) is 0. The van der Waals surface area contributed by atoms with Gasteiger partial charge in [0.25, 0.3) is 6.71 Å². The van der Waals surface area contributed by atoms with Gasteiger partial charge in [0, 0.05) is 43.2 Å². The molecule has 1 aromatic heterocycles. The van der Waals surface area contributed by atoms with Crippen molar-refractivity contribution in [3.63, 3.8) is 0 Å². The summed E-state index contributed by atoms with van der Waals surface area (Å²) >= 11 is 2.09. The third-order valence-electron chi connectivity index (χ3n) is 17.1. The van der Waals surface area contributed by atoms with Crippen LogP contribution in [0.5, 0.6) is 0 Å². The first kappa shape index (κ1) is 43.8. The van der Waals surface area contributed by atoms with E-state index in [9.17, 15) is 0 Å². The molecule has 0 bridgehead atoms. The van der Waals surface area contributed by atoms with Crippen LogP contribution in [0, 0.1) is 5.41 Å². The number of hydrogen-bond acceptors (Lipinski definition) is 3. The lowest BCUT2D eigenvalue weighted by atomic mass is 9.35. The minimum Gasteiger partial charge on any atom is -0.314 e. The van der Waals surface area contributed by atoms with Gasteiger partial charge in [0.1, 0.15) is 0 Å². The smallest absolute Gasteiger partial charge is 0.264 e.